The lowest BCUT2D eigenvalue weighted by Crippen LogP contribution is -2.29. The summed E-state index contributed by atoms with van der Waals surface area (Å²) in [5.41, 5.74) is 1.74. The van der Waals surface area contributed by atoms with E-state index in [0.29, 0.717) is 24.8 Å². The fourth-order valence-electron chi connectivity index (χ4n) is 3.30. The molecule has 0 aliphatic carbocycles. The Morgan fingerprint density at radius 2 is 2.27 bits per heavy atom. The fraction of sp³-hybridized carbons (Fsp3) is 0.444. The molecule has 1 N–H and O–H groups in total. The van der Waals surface area contributed by atoms with Crippen molar-refractivity contribution in [1.29, 1.82) is 0 Å². The van der Waals surface area contributed by atoms with E-state index >= 15 is 0 Å². The van der Waals surface area contributed by atoms with E-state index in [9.17, 15) is 13.6 Å². The first kappa shape index (κ1) is 17.5. The standard InChI is InChI=1S/C18H19F2N3O2S/c19-12-4-3-11(8-13(12)20)9-23-6-5-14-16(10-23)26-18(21-14)22-17(24)15-2-1-7-25-15/h3-4,8,15H,1-2,5-7,9-10H2,(H,21,22,24). The van der Waals surface area contributed by atoms with Crippen LogP contribution in [0.3, 0.4) is 0 Å². The van der Waals surface area contributed by atoms with Crippen molar-refractivity contribution in [2.45, 2.75) is 38.5 Å². The summed E-state index contributed by atoms with van der Waals surface area (Å²) >= 11 is 1.47. The van der Waals surface area contributed by atoms with E-state index in [4.69, 9.17) is 4.74 Å². The quantitative estimate of drug-likeness (QED) is 0.887. The lowest BCUT2D eigenvalue weighted by Gasteiger charge is -2.25. The van der Waals surface area contributed by atoms with Crippen LogP contribution in [0.5, 0.6) is 0 Å². The van der Waals surface area contributed by atoms with Crippen molar-refractivity contribution >= 4 is 22.4 Å². The first-order chi connectivity index (χ1) is 12.6. The molecule has 5 nitrogen and oxygen atoms in total. The Morgan fingerprint density at radius 3 is 3.04 bits per heavy atom. The predicted octanol–water partition coefficient (Wildman–Crippen LogP) is 3.10. The van der Waals surface area contributed by atoms with Gasteiger partial charge in [-0.25, -0.2) is 13.8 Å². The molecule has 1 amide bonds. The summed E-state index contributed by atoms with van der Waals surface area (Å²) in [6.07, 6.45) is 2.05. The van der Waals surface area contributed by atoms with Gasteiger partial charge in [0.05, 0.1) is 5.69 Å². The number of ether oxygens (including phenoxy) is 1. The van der Waals surface area contributed by atoms with Gasteiger partial charge >= 0.3 is 0 Å². The van der Waals surface area contributed by atoms with E-state index in [1.807, 2.05) is 0 Å². The molecule has 0 saturated carbocycles. The zero-order chi connectivity index (χ0) is 18.1. The maximum absolute atomic E-state index is 13.4. The molecule has 138 valence electrons. The van der Waals surface area contributed by atoms with Gasteiger partial charge in [-0.15, -0.1) is 11.3 Å². The molecule has 0 bridgehead atoms. The minimum absolute atomic E-state index is 0.132. The topological polar surface area (TPSA) is 54.5 Å². The molecule has 0 spiro atoms. The number of rotatable bonds is 4. The molecule has 26 heavy (non-hydrogen) atoms. The number of fused-ring (bicyclic) bond motifs is 1. The SMILES string of the molecule is O=C(Nc1nc2c(s1)CN(Cc1ccc(F)c(F)c1)CC2)C1CCCO1. The number of nitrogens with zero attached hydrogens (tertiary/aromatic N) is 2. The molecule has 2 aliphatic rings. The van der Waals surface area contributed by atoms with Gasteiger partial charge in [-0.3, -0.25) is 15.0 Å². The van der Waals surface area contributed by atoms with Crippen molar-refractivity contribution in [2.75, 3.05) is 18.5 Å². The van der Waals surface area contributed by atoms with E-state index < -0.39 is 11.6 Å². The van der Waals surface area contributed by atoms with E-state index in [0.717, 1.165) is 48.0 Å². The molecular formula is C18H19F2N3O2S. The van der Waals surface area contributed by atoms with Crippen molar-refractivity contribution in [3.63, 3.8) is 0 Å². The maximum atomic E-state index is 13.4. The minimum atomic E-state index is -0.830. The largest absolute Gasteiger partial charge is 0.368 e. The van der Waals surface area contributed by atoms with E-state index in [1.165, 1.54) is 17.4 Å². The number of halogens is 2. The van der Waals surface area contributed by atoms with Gasteiger partial charge < -0.3 is 4.74 Å². The Bertz CT molecular complexity index is 821. The van der Waals surface area contributed by atoms with Crippen molar-refractivity contribution in [1.82, 2.24) is 9.88 Å². The summed E-state index contributed by atoms with van der Waals surface area (Å²) in [5.74, 6) is -1.78. The van der Waals surface area contributed by atoms with Crippen LogP contribution in [0.2, 0.25) is 0 Å². The van der Waals surface area contributed by atoms with Crippen LogP contribution in [0.15, 0.2) is 18.2 Å². The summed E-state index contributed by atoms with van der Waals surface area (Å²) in [4.78, 5) is 19.9. The summed E-state index contributed by atoms with van der Waals surface area (Å²) in [6, 6.07) is 4.00. The highest BCUT2D eigenvalue weighted by Gasteiger charge is 2.26. The average molecular weight is 379 g/mol. The van der Waals surface area contributed by atoms with Crippen molar-refractivity contribution in [3.8, 4) is 0 Å². The van der Waals surface area contributed by atoms with Crippen molar-refractivity contribution < 1.29 is 18.3 Å². The summed E-state index contributed by atoms with van der Waals surface area (Å²) in [6.45, 7) is 2.65. The van der Waals surface area contributed by atoms with Crippen molar-refractivity contribution in [3.05, 3.63) is 46.0 Å². The first-order valence-electron chi connectivity index (χ1n) is 8.66. The van der Waals surface area contributed by atoms with Gasteiger partial charge in [0.2, 0.25) is 0 Å². The van der Waals surface area contributed by atoms with Crippen LogP contribution in [-0.4, -0.2) is 35.0 Å². The Labute approximate surface area is 154 Å². The molecule has 1 fully saturated rings. The molecule has 8 heteroatoms. The highest BCUT2D eigenvalue weighted by molar-refractivity contribution is 7.15. The van der Waals surface area contributed by atoms with E-state index in [2.05, 4.69) is 15.2 Å². The van der Waals surface area contributed by atoms with Gasteiger partial charge in [0.1, 0.15) is 6.10 Å². The smallest absolute Gasteiger partial charge is 0.255 e. The monoisotopic (exact) mass is 379 g/mol. The Kier molecular flexibility index (Phi) is 4.97. The Morgan fingerprint density at radius 1 is 1.38 bits per heavy atom. The molecule has 2 aromatic rings. The predicted molar refractivity (Wildman–Crippen MR) is 93.9 cm³/mol. The van der Waals surface area contributed by atoms with Crippen LogP contribution in [0, 0.1) is 11.6 Å². The maximum Gasteiger partial charge on any atom is 0.255 e. The molecule has 1 aromatic carbocycles. The third-order valence-corrected chi connectivity index (χ3v) is 5.65. The number of nitrogens with one attached hydrogen (secondary N) is 1. The average Bonchev–Trinajstić information content (AvgIpc) is 3.27. The minimum Gasteiger partial charge on any atom is -0.368 e. The zero-order valence-electron chi connectivity index (χ0n) is 14.1. The van der Waals surface area contributed by atoms with Crippen LogP contribution in [0.4, 0.5) is 13.9 Å². The van der Waals surface area contributed by atoms with E-state index in [1.54, 1.807) is 6.07 Å². The molecule has 4 rings (SSSR count). The highest BCUT2D eigenvalue weighted by Crippen LogP contribution is 2.29. The second kappa shape index (κ2) is 7.38. The number of hydrogen-bond donors (Lipinski definition) is 1. The van der Waals surface area contributed by atoms with Gasteiger partial charge in [-0.1, -0.05) is 6.07 Å². The van der Waals surface area contributed by atoms with Gasteiger partial charge in [0.25, 0.3) is 5.91 Å². The third kappa shape index (κ3) is 3.77. The molecule has 1 saturated heterocycles. The highest BCUT2D eigenvalue weighted by atomic mass is 32.1. The first-order valence-corrected chi connectivity index (χ1v) is 9.47. The summed E-state index contributed by atoms with van der Waals surface area (Å²) in [5, 5.41) is 3.46. The lowest BCUT2D eigenvalue weighted by atomic mass is 10.1. The Balaban J connectivity index is 1.39. The molecule has 1 unspecified atom stereocenters. The third-order valence-electron chi connectivity index (χ3n) is 4.65. The Hall–Kier alpha value is -1.90. The van der Waals surface area contributed by atoms with Gasteiger partial charge in [0, 0.05) is 37.5 Å². The number of carbonyl (C=O) groups is 1. The second-order valence-corrected chi connectivity index (χ2v) is 7.67. The normalized spacial score (nSPS) is 20.2. The number of aromatic nitrogens is 1. The fourth-order valence-corrected chi connectivity index (χ4v) is 4.36. The van der Waals surface area contributed by atoms with Crippen molar-refractivity contribution in [2.24, 2.45) is 0 Å². The lowest BCUT2D eigenvalue weighted by molar-refractivity contribution is -0.124. The number of amides is 1. The van der Waals surface area contributed by atoms with Crippen LogP contribution >= 0.6 is 11.3 Å². The molecule has 1 atom stereocenters. The number of carbonyl (C=O) groups excluding carboxylic acids is 1. The van der Waals surface area contributed by atoms with E-state index in [-0.39, 0.29) is 12.0 Å². The zero-order valence-corrected chi connectivity index (χ0v) is 15.0. The molecular weight excluding hydrogens is 360 g/mol. The number of thiazole rings is 1. The second-order valence-electron chi connectivity index (χ2n) is 6.59. The molecule has 1 aromatic heterocycles. The van der Waals surface area contributed by atoms with Gasteiger partial charge in [-0.2, -0.15) is 0 Å². The number of benzene rings is 1. The van der Waals surface area contributed by atoms with Crippen LogP contribution in [0.1, 0.15) is 29.0 Å². The number of hydrogen-bond acceptors (Lipinski definition) is 5. The summed E-state index contributed by atoms with van der Waals surface area (Å²) in [7, 11) is 0. The molecule has 2 aliphatic heterocycles. The molecule has 0 radical (unpaired) electrons. The van der Waals surface area contributed by atoms with Crippen LogP contribution in [-0.2, 0) is 29.0 Å². The van der Waals surface area contributed by atoms with Crippen LogP contribution in [0.25, 0.3) is 0 Å². The van der Waals surface area contributed by atoms with Gasteiger partial charge in [0.15, 0.2) is 16.8 Å². The number of anilines is 1. The summed E-state index contributed by atoms with van der Waals surface area (Å²) < 4.78 is 31.8. The van der Waals surface area contributed by atoms with Crippen LogP contribution < -0.4 is 5.32 Å². The van der Waals surface area contributed by atoms with Gasteiger partial charge in [-0.05, 0) is 30.5 Å². The molecule has 3 heterocycles.